The molecule has 0 unspecified atom stereocenters. The van der Waals surface area contributed by atoms with E-state index in [0.717, 1.165) is 16.3 Å². The molecule has 8 heteroatoms. The van der Waals surface area contributed by atoms with Crippen molar-refractivity contribution in [1.29, 1.82) is 0 Å². The Morgan fingerprint density at radius 2 is 2.04 bits per heavy atom. The molecule has 28 heavy (non-hydrogen) atoms. The van der Waals surface area contributed by atoms with Gasteiger partial charge >= 0.3 is 0 Å². The summed E-state index contributed by atoms with van der Waals surface area (Å²) in [4.78, 5) is 20.7. The average molecular weight is 394 g/mol. The molecule has 0 atom stereocenters. The molecular weight excluding hydrogens is 379 g/mol. The zero-order chi connectivity index (χ0) is 19.5. The Morgan fingerprint density at radius 3 is 2.71 bits per heavy atom. The number of imidazole rings is 1. The maximum absolute atomic E-state index is 14.3. The molecule has 0 bridgehead atoms. The van der Waals surface area contributed by atoms with Gasteiger partial charge in [0, 0.05) is 29.0 Å². The second kappa shape index (κ2) is 7.61. The Balaban J connectivity index is 1.49. The molecule has 2 heterocycles. The van der Waals surface area contributed by atoms with Crippen LogP contribution in [-0.4, -0.2) is 27.6 Å². The van der Waals surface area contributed by atoms with E-state index in [2.05, 4.69) is 15.3 Å². The molecule has 6 nitrogen and oxygen atoms in total. The van der Waals surface area contributed by atoms with Crippen LogP contribution in [-0.2, 0) is 0 Å². The molecule has 4 aromatic rings. The van der Waals surface area contributed by atoms with Gasteiger partial charge < -0.3 is 14.6 Å². The fraction of sp³-hybridized carbons (Fsp3) is 0.0500. The normalized spacial score (nSPS) is 10.6. The molecule has 0 aliphatic rings. The Bertz CT molecular complexity index is 1110. The SMILES string of the molecule is COc1ccc(-c2nc(C(=O)Nc3ccc(-n4ccnc4)c(F)c3)cs2)cc1. The van der Waals surface area contributed by atoms with E-state index in [-0.39, 0.29) is 5.69 Å². The number of nitrogens with zero attached hydrogens (tertiary/aromatic N) is 3. The van der Waals surface area contributed by atoms with Crippen LogP contribution in [0.2, 0.25) is 0 Å². The van der Waals surface area contributed by atoms with E-state index >= 15 is 0 Å². The maximum Gasteiger partial charge on any atom is 0.275 e. The van der Waals surface area contributed by atoms with Gasteiger partial charge in [-0.05, 0) is 42.5 Å². The molecule has 0 fully saturated rings. The zero-order valence-corrected chi connectivity index (χ0v) is 15.6. The average Bonchev–Trinajstić information content (AvgIpc) is 3.40. The number of thiazole rings is 1. The topological polar surface area (TPSA) is 69.0 Å². The van der Waals surface area contributed by atoms with E-state index in [1.165, 1.54) is 23.7 Å². The van der Waals surface area contributed by atoms with Gasteiger partial charge in [0.15, 0.2) is 0 Å². The first-order valence-electron chi connectivity index (χ1n) is 8.33. The lowest BCUT2D eigenvalue weighted by atomic mass is 10.2. The summed E-state index contributed by atoms with van der Waals surface area (Å²) in [5, 5.41) is 5.06. The summed E-state index contributed by atoms with van der Waals surface area (Å²) in [5.41, 5.74) is 1.87. The molecule has 0 saturated heterocycles. The Morgan fingerprint density at radius 1 is 1.21 bits per heavy atom. The number of halogens is 1. The summed E-state index contributed by atoms with van der Waals surface area (Å²) in [6.45, 7) is 0. The van der Waals surface area contributed by atoms with E-state index in [0.29, 0.717) is 11.4 Å². The molecule has 140 valence electrons. The Kier molecular flexibility index (Phi) is 4.86. The summed E-state index contributed by atoms with van der Waals surface area (Å²) in [6, 6.07) is 11.9. The highest BCUT2D eigenvalue weighted by atomic mass is 32.1. The molecule has 0 saturated carbocycles. The number of rotatable bonds is 5. The van der Waals surface area contributed by atoms with Crippen molar-refractivity contribution in [3.8, 4) is 22.0 Å². The number of aromatic nitrogens is 3. The minimum absolute atomic E-state index is 0.273. The van der Waals surface area contributed by atoms with Gasteiger partial charge in [0.1, 0.15) is 22.3 Å². The number of anilines is 1. The third-order valence-electron chi connectivity index (χ3n) is 4.06. The lowest BCUT2D eigenvalue weighted by Crippen LogP contribution is -2.12. The summed E-state index contributed by atoms with van der Waals surface area (Å²) >= 11 is 1.36. The smallest absolute Gasteiger partial charge is 0.275 e. The third-order valence-corrected chi connectivity index (χ3v) is 4.95. The second-order valence-corrected chi connectivity index (χ2v) is 6.71. The molecule has 1 N–H and O–H groups in total. The van der Waals surface area contributed by atoms with Gasteiger partial charge in [-0.15, -0.1) is 11.3 Å². The lowest BCUT2D eigenvalue weighted by Gasteiger charge is -2.07. The standard InChI is InChI=1S/C20H15FN4O2S/c1-27-15-5-2-13(3-6-15)20-24-17(11-28-20)19(26)23-14-4-7-18(16(21)10-14)25-9-8-22-12-25/h2-12H,1H3,(H,23,26). The molecule has 4 rings (SSSR count). The second-order valence-electron chi connectivity index (χ2n) is 5.86. The molecular formula is C20H15FN4O2S. The van der Waals surface area contributed by atoms with Crippen LogP contribution in [0.25, 0.3) is 16.3 Å². The van der Waals surface area contributed by atoms with Crippen molar-refractivity contribution in [2.75, 3.05) is 12.4 Å². The number of ether oxygens (including phenoxy) is 1. The number of amides is 1. The van der Waals surface area contributed by atoms with Crippen molar-refractivity contribution >= 4 is 22.9 Å². The van der Waals surface area contributed by atoms with Crippen LogP contribution in [0.15, 0.2) is 66.6 Å². The molecule has 0 spiro atoms. The van der Waals surface area contributed by atoms with Crippen molar-refractivity contribution in [2.45, 2.75) is 0 Å². The van der Waals surface area contributed by atoms with Gasteiger partial charge in [0.2, 0.25) is 0 Å². The van der Waals surface area contributed by atoms with Crippen LogP contribution < -0.4 is 10.1 Å². The highest BCUT2D eigenvalue weighted by Crippen LogP contribution is 2.26. The minimum atomic E-state index is -0.465. The van der Waals surface area contributed by atoms with Crippen LogP contribution in [0.1, 0.15) is 10.5 Å². The fourth-order valence-corrected chi connectivity index (χ4v) is 3.44. The predicted octanol–water partition coefficient (Wildman–Crippen LogP) is 4.40. The van der Waals surface area contributed by atoms with Crippen LogP contribution >= 0.6 is 11.3 Å². The number of hydrogen-bond acceptors (Lipinski definition) is 5. The largest absolute Gasteiger partial charge is 0.497 e. The number of nitrogens with one attached hydrogen (secondary N) is 1. The van der Waals surface area contributed by atoms with Gasteiger partial charge in [-0.2, -0.15) is 0 Å². The number of carbonyl (C=O) groups excluding carboxylic acids is 1. The highest BCUT2D eigenvalue weighted by molar-refractivity contribution is 7.13. The molecule has 0 aliphatic carbocycles. The van der Waals surface area contributed by atoms with Crippen LogP contribution in [0, 0.1) is 5.82 Å². The van der Waals surface area contributed by atoms with Crippen LogP contribution in [0.5, 0.6) is 5.75 Å². The predicted molar refractivity (Wildman–Crippen MR) is 106 cm³/mol. The van der Waals surface area contributed by atoms with E-state index in [1.54, 1.807) is 41.6 Å². The van der Waals surface area contributed by atoms with Gasteiger partial charge in [0.05, 0.1) is 19.1 Å². The van der Waals surface area contributed by atoms with E-state index < -0.39 is 11.7 Å². The van der Waals surface area contributed by atoms with E-state index in [1.807, 2.05) is 24.3 Å². The molecule has 2 aromatic heterocycles. The van der Waals surface area contributed by atoms with Crippen molar-refractivity contribution in [1.82, 2.24) is 14.5 Å². The minimum Gasteiger partial charge on any atom is -0.497 e. The molecule has 0 aliphatic heterocycles. The first-order valence-corrected chi connectivity index (χ1v) is 9.21. The molecule has 0 radical (unpaired) electrons. The number of carbonyl (C=O) groups is 1. The summed E-state index contributed by atoms with van der Waals surface area (Å²) in [7, 11) is 1.60. The zero-order valence-electron chi connectivity index (χ0n) is 14.8. The Labute approximate surface area is 164 Å². The summed E-state index contributed by atoms with van der Waals surface area (Å²) in [5.74, 6) is -0.113. The quantitative estimate of drug-likeness (QED) is 0.545. The van der Waals surface area contributed by atoms with Crippen molar-refractivity contribution in [2.24, 2.45) is 0 Å². The van der Waals surface area contributed by atoms with E-state index in [9.17, 15) is 9.18 Å². The summed E-state index contributed by atoms with van der Waals surface area (Å²) in [6.07, 6.45) is 4.72. The van der Waals surface area contributed by atoms with Crippen molar-refractivity contribution < 1.29 is 13.9 Å². The number of methoxy groups -OCH3 is 1. The van der Waals surface area contributed by atoms with Gasteiger partial charge in [-0.25, -0.2) is 14.4 Å². The number of benzene rings is 2. The molecule has 2 aromatic carbocycles. The monoisotopic (exact) mass is 394 g/mol. The van der Waals surface area contributed by atoms with Crippen LogP contribution in [0.4, 0.5) is 10.1 Å². The van der Waals surface area contributed by atoms with Gasteiger partial charge in [-0.1, -0.05) is 0 Å². The first-order chi connectivity index (χ1) is 13.6. The first kappa shape index (κ1) is 17.9. The van der Waals surface area contributed by atoms with Crippen molar-refractivity contribution in [3.63, 3.8) is 0 Å². The lowest BCUT2D eigenvalue weighted by molar-refractivity contribution is 0.102. The van der Waals surface area contributed by atoms with Gasteiger partial charge in [0.25, 0.3) is 5.91 Å². The Hall–Kier alpha value is -3.52. The third kappa shape index (κ3) is 3.63. The van der Waals surface area contributed by atoms with E-state index in [4.69, 9.17) is 4.74 Å². The molecule has 1 amide bonds. The highest BCUT2D eigenvalue weighted by Gasteiger charge is 2.14. The van der Waals surface area contributed by atoms with Crippen molar-refractivity contribution in [3.05, 3.63) is 78.1 Å². The maximum atomic E-state index is 14.3. The van der Waals surface area contributed by atoms with Gasteiger partial charge in [-0.3, -0.25) is 4.79 Å². The number of hydrogen-bond donors (Lipinski definition) is 1. The van der Waals surface area contributed by atoms with Crippen LogP contribution in [0.3, 0.4) is 0 Å². The fourth-order valence-electron chi connectivity index (χ4n) is 2.64. The summed E-state index contributed by atoms with van der Waals surface area (Å²) < 4.78 is 21.0.